The minimum atomic E-state index is -1.67. The van der Waals surface area contributed by atoms with Gasteiger partial charge in [0.25, 0.3) is 0 Å². The van der Waals surface area contributed by atoms with Crippen molar-refractivity contribution in [1.29, 1.82) is 0 Å². The molecule has 2 aliphatic rings. The normalized spacial score (nSPS) is 33.3. The number of methoxy groups -OCH3 is 1. The summed E-state index contributed by atoms with van der Waals surface area (Å²) >= 11 is 0. The van der Waals surface area contributed by atoms with Crippen LogP contribution >= 0.6 is 0 Å². The topological polar surface area (TPSA) is 158 Å². The van der Waals surface area contributed by atoms with Crippen molar-refractivity contribution in [2.75, 3.05) is 13.7 Å². The molecule has 2 aliphatic heterocycles. The number of aliphatic hydroxyl groups is 4. The molecular weight excluding hydrogens is 398 g/mol. The average molecular weight is 427 g/mol. The number of phenolic OH excluding ortho intramolecular Hbond substituents is 1. The van der Waals surface area contributed by atoms with Crippen molar-refractivity contribution < 1.29 is 44.5 Å². The van der Waals surface area contributed by atoms with E-state index in [1.807, 2.05) is 6.92 Å². The maximum atomic E-state index is 12.2. The minimum Gasteiger partial charge on any atom is -0.504 e. The van der Waals surface area contributed by atoms with E-state index in [1.165, 1.54) is 7.11 Å². The first-order chi connectivity index (χ1) is 14.1. The Kier molecular flexibility index (Phi) is 6.73. The van der Waals surface area contributed by atoms with Crippen molar-refractivity contribution in [3.63, 3.8) is 0 Å². The van der Waals surface area contributed by atoms with Gasteiger partial charge in [-0.1, -0.05) is 0 Å². The summed E-state index contributed by atoms with van der Waals surface area (Å²) in [5, 5.41) is 51.3. The number of aliphatic hydroxyl groups excluding tert-OH is 4. The molecular formula is C20H29NO9. The average Bonchev–Trinajstić information content (AvgIpc) is 2.70. The molecule has 6 atom stereocenters. The van der Waals surface area contributed by atoms with Crippen LogP contribution in [0.3, 0.4) is 0 Å². The highest BCUT2D eigenvalue weighted by Crippen LogP contribution is 2.41. The number of fused-ring (bicyclic) bond motifs is 1. The summed E-state index contributed by atoms with van der Waals surface area (Å²) in [6.45, 7) is 2.24. The first kappa shape index (κ1) is 22.6. The Bertz CT molecular complexity index is 773. The van der Waals surface area contributed by atoms with Gasteiger partial charge in [-0.2, -0.15) is 0 Å². The third kappa shape index (κ3) is 4.79. The highest BCUT2D eigenvalue weighted by Gasteiger charge is 2.43. The highest BCUT2D eigenvalue weighted by atomic mass is 16.6. The number of aryl methyl sites for hydroxylation is 1. The summed E-state index contributed by atoms with van der Waals surface area (Å²) in [7, 11) is 1.46. The maximum Gasteiger partial charge on any atom is 0.222 e. The van der Waals surface area contributed by atoms with Gasteiger partial charge in [0.15, 0.2) is 17.8 Å². The zero-order valence-corrected chi connectivity index (χ0v) is 16.9. The molecule has 1 aromatic carbocycles. The second-order valence-corrected chi connectivity index (χ2v) is 8.02. The maximum absolute atomic E-state index is 12.2. The Morgan fingerprint density at radius 2 is 1.97 bits per heavy atom. The molecule has 0 spiro atoms. The SMILES string of the molecule is COc1cc2c(cc1O)CCC(C)(CCNC(=O)C[C@H]1OC(O)[C@H](O)[C@@H](O)[C@@H]1O)O2. The van der Waals surface area contributed by atoms with Crippen molar-refractivity contribution in [3.05, 3.63) is 17.7 Å². The second-order valence-electron chi connectivity index (χ2n) is 8.02. The molecule has 2 unspecified atom stereocenters. The fourth-order valence-corrected chi connectivity index (χ4v) is 3.76. The van der Waals surface area contributed by atoms with Gasteiger partial charge in [-0.3, -0.25) is 4.79 Å². The number of carbonyl (C=O) groups excluding carboxylic acids is 1. The predicted molar refractivity (Wildman–Crippen MR) is 103 cm³/mol. The Morgan fingerprint density at radius 3 is 2.67 bits per heavy atom. The number of rotatable bonds is 6. The lowest BCUT2D eigenvalue weighted by Crippen LogP contribution is -2.58. The predicted octanol–water partition coefficient (Wildman–Crippen LogP) is -0.819. The molecule has 10 heteroatoms. The van der Waals surface area contributed by atoms with Gasteiger partial charge in [0.1, 0.15) is 29.7 Å². The van der Waals surface area contributed by atoms with E-state index in [9.17, 15) is 30.3 Å². The standard InChI is InChI=1S/C20H29NO9/c1-20(4-3-10-7-11(22)13(28-2)8-12(10)30-20)5-6-21-15(23)9-14-16(24)17(25)18(26)19(27)29-14/h7-8,14,16-19,22,24-27H,3-6,9H2,1-2H3,(H,21,23)/t14-,16-,17+,18-,19?,20?/m1/s1. The summed E-state index contributed by atoms with van der Waals surface area (Å²) < 4.78 is 16.2. The van der Waals surface area contributed by atoms with E-state index in [0.717, 1.165) is 5.56 Å². The molecule has 30 heavy (non-hydrogen) atoms. The first-order valence-electron chi connectivity index (χ1n) is 9.87. The Labute approximate surface area is 174 Å². The molecule has 2 heterocycles. The number of aromatic hydroxyl groups is 1. The fraction of sp³-hybridized carbons (Fsp3) is 0.650. The van der Waals surface area contributed by atoms with Crippen molar-refractivity contribution in [2.24, 2.45) is 0 Å². The number of hydrogen-bond acceptors (Lipinski definition) is 9. The van der Waals surface area contributed by atoms with Crippen LogP contribution in [0.15, 0.2) is 12.1 Å². The third-order valence-electron chi connectivity index (χ3n) is 5.69. The molecule has 1 amide bonds. The third-order valence-corrected chi connectivity index (χ3v) is 5.69. The molecule has 10 nitrogen and oxygen atoms in total. The van der Waals surface area contributed by atoms with E-state index in [0.29, 0.717) is 37.3 Å². The van der Waals surface area contributed by atoms with E-state index < -0.39 is 42.2 Å². The van der Waals surface area contributed by atoms with Gasteiger partial charge in [0.2, 0.25) is 5.91 Å². The van der Waals surface area contributed by atoms with Crippen LogP contribution in [0.25, 0.3) is 0 Å². The van der Waals surface area contributed by atoms with Gasteiger partial charge >= 0.3 is 0 Å². The van der Waals surface area contributed by atoms with Gasteiger partial charge in [-0.15, -0.1) is 0 Å². The zero-order valence-electron chi connectivity index (χ0n) is 16.9. The second kappa shape index (κ2) is 8.94. The smallest absolute Gasteiger partial charge is 0.222 e. The van der Waals surface area contributed by atoms with E-state index in [-0.39, 0.29) is 12.2 Å². The van der Waals surface area contributed by atoms with E-state index in [1.54, 1.807) is 12.1 Å². The Balaban J connectivity index is 1.51. The summed E-state index contributed by atoms with van der Waals surface area (Å²) in [5.41, 5.74) is 0.358. The summed E-state index contributed by atoms with van der Waals surface area (Å²) in [6.07, 6.45) is -5.89. The monoisotopic (exact) mass is 427 g/mol. The summed E-state index contributed by atoms with van der Waals surface area (Å²) in [4.78, 5) is 12.2. The quantitative estimate of drug-likeness (QED) is 0.341. The van der Waals surface area contributed by atoms with Crippen molar-refractivity contribution in [1.82, 2.24) is 5.32 Å². The molecule has 0 radical (unpaired) electrons. The molecule has 1 fully saturated rings. The minimum absolute atomic E-state index is 0.0607. The molecule has 1 aromatic rings. The molecule has 1 saturated heterocycles. The lowest BCUT2D eigenvalue weighted by molar-refractivity contribution is -0.281. The van der Waals surface area contributed by atoms with E-state index in [2.05, 4.69) is 5.32 Å². The molecule has 6 N–H and O–H groups in total. The Hall–Kier alpha value is -2.11. The zero-order chi connectivity index (χ0) is 22.1. The lowest BCUT2D eigenvalue weighted by Gasteiger charge is -2.38. The summed E-state index contributed by atoms with van der Waals surface area (Å²) in [6, 6.07) is 3.28. The molecule has 0 saturated carbocycles. The van der Waals surface area contributed by atoms with Crippen LogP contribution in [-0.4, -0.2) is 81.4 Å². The lowest BCUT2D eigenvalue weighted by atomic mass is 9.89. The van der Waals surface area contributed by atoms with Crippen LogP contribution in [0, 0.1) is 0 Å². The van der Waals surface area contributed by atoms with Crippen LogP contribution in [-0.2, 0) is 16.0 Å². The van der Waals surface area contributed by atoms with Gasteiger partial charge in [0, 0.05) is 19.0 Å². The molecule has 168 valence electrons. The largest absolute Gasteiger partial charge is 0.504 e. The number of benzene rings is 1. The van der Waals surface area contributed by atoms with Crippen molar-refractivity contribution >= 4 is 5.91 Å². The first-order valence-corrected chi connectivity index (χ1v) is 9.87. The van der Waals surface area contributed by atoms with Gasteiger partial charge in [-0.05, 0) is 31.4 Å². The van der Waals surface area contributed by atoms with Crippen LogP contribution < -0.4 is 14.8 Å². The molecule has 0 aliphatic carbocycles. The van der Waals surface area contributed by atoms with Crippen LogP contribution in [0.4, 0.5) is 0 Å². The Morgan fingerprint density at radius 1 is 1.23 bits per heavy atom. The van der Waals surface area contributed by atoms with Crippen molar-refractivity contribution in [3.8, 4) is 17.2 Å². The fourth-order valence-electron chi connectivity index (χ4n) is 3.76. The number of phenols is 1. The number of ether oxygens (including phenoxy) is 3. The van der Waals surface area contributed by atoms with Crippen LogP contribution in [0.5, 0.6) is 17.2 Å². The highest BCUT2D eigenvalue weighted by molar-refractivity contribution is 5.76. The number of hydrogen-bond donors (Lipinski definition) is 6. The number of carbonyl (C=O) groups is 1. The van der Waals surface area contributed by atoms with Crippen LogP contribution in [0.1, 0.15) is 31.7 Å². The van der Waals surface area contributed by atoms with Crippen molar-refractivity contribution in [2.45, 2.75) is 68.9 Å². The molecule has 0 aromatic heterocycles. The van der Waals surface area contributed by atoms with E-state index in [4.69, 9.17) is 14.2 Å². The molecule has 3 rings (SSSR count). The number of nitrogens with one attached hydrogen (secondary N) is 1. The van der Waals surface area contributed by atoms with E-state index >= 15 is 0 Å². The van der Waals surface area contributed by atoms with Gasteiger partial charge in [-0.25, -0.2) is 0 Å². The molecule has 0 bridgehead atoms. The van der Waals surface area contributed by atoms with Gasteiger partial charge in [0.05, 0.1) is 19.6 Å². The number of amides is 1. The van der Waals surface area contributed by atoms with Crippen LogP contribution in [0.2, 0.25) is 0 Å². The van der Waals surface area contributed by atoms with Gasteiger partial charge < -0.3 is 45.1 Å². The summed E-state index contributed by atoms with van der Waals surface area (Å²) in [5.74, 6) is 0.587.